The number of aromatic amines is 1. The van der Waals surface area contributed by atoms with Crippen molar-refractivity contribution < 1.29 is 0 Å². The van der Waals surface area contributed by atoms with Crippen LogP contribution in [-0.2, 0) is 0 Å². The summed E-state index contributed by atoms with van der Waals surface area (Å²) in [6.07, 6.45) is 6.89. The quantitative estimate of drug-likeness (QED) is 0.847. The number of hydrogen-bond acceptors (Lipinski definition) is 5. The fourth-order valence-corrected chi connectivity index (χ4v) is 3.58. The predicted molar refractivity (Wildman–Crippen MR) is 95.7 cm³/mol. The summed E-state index contributed by atoms with van der Waals surface area (Å²) < 4.78 is 0. The van der Waals surface area contributed by atoms with Crippen molar-refractivity contribution in [2.24, 2.45) is 11.8 Å². The zero-order chi connectivity index (χ0) is 16.5. The number of H-pyrrole nitrogens is 1. The molecule has 0 amide bonds. The Kier molecular flexibility index (Phi) is 4.12. The molecule has 6 heteroatoms. The molecule has 4 rings (SSSR count). The van der Waals surface area contributed by atoms with Gasteiger partial charge < -0.3 is 10.2 Å². The molecule has 1 atom stereocenters. The van der Waals surface area contributed by atoms with E-state index in [4.69, 9.17) is 0 Å². The standard InChI is InChI=1S/C18H26N6/c1-12(2)9-13-6-8-24(11-13)18-19-7-5-16(21-18)20-17-10-15(22-23-17)14-3-4-14/h5,7,10,12-14H,3-4,6,8-9,11H2,1-2H3,(H2,19,20,21,22,23). The summed E-state index contributed by atoms with van der Waals surface area (Å²) in [6, 6.07) is 3.99. The first-order valence-electron chi connectivity index (χ1n) is 9.07. The first kappa shape index (κ1) is 15.4. The lowest BCUT2D eigenvalue weighted by atomic mass is 9.97. The molecule has 2 aliphatic rings. The van der Waals surface area contributed by atoms with Crippen molar-refractivity contribution in [2.45, 2.75) is 45.4 Å². The second-order valence-electron chi connectivity index (χ2n) is 7.58. The highest BCUT2D eigenvalue weighted by atomic mass is 15.3. The molecule has 0 bridgehead atoms. The minimum absolute atomic E-state index is 0.677. The van der Waals surface area contributed by atoms with Crippen molar-refractivity contribution in [2.75, 3.05) is 23.3 Å². The Labute approximate surface area is 143 Å². The second kappa shape index (κ2) is 6.42. The molecule has 2 aromatic rings. The lowest BCUT2D eigenvalue weighted by molar-refractivity contribution is 0.441. The third-order valence-corrected chi connectivity index (χ3v) is 4.89. The summed E-state index contributed by atoms with van der Waals surface area (Å²) in [5.74, 6) is 4.66. The van der Waals surface area contributed by atoms with Gasteiger partial charge in [-0.3, -0.25) is 5.10 Å². The third kappa shape index (κ3) is 3.52. The Bertz CT molecular complexity index is 690. The number of aromatic nitrogens is 4. The Morgan fingerprint density at radius 2 is 2.17 bits per heavy atom. The molecule has 24 heavy (non-hydrogen) atoms. The minimum atomic E-state index is 0.677. The molecule has 2 N–H and O–H groups in total. The molecule has 6 nitrogen and oxygen atoms in total. The maximum absolute atomic E-state index is 4.68. The highest BCUT2D eigenvalue weighted by Gasteiger charge is 2.26. The molecular formula is C18H26N6. The second-order valence-corrected chi connectivity index (χ2v) is 7.58. The number of hydrogen-bond donors (Lipinski definition) is 2. The lowest BCUT2D eigenvalue weighted by Gasteiger charge is -2.17. The van der Waals surface area contributed by atoms with Gasteiger partial charge in [-0.15, -0.1) is 0 Å². The van der Waals surface area contributed by atoms with Crippen LogP contribution in [0.1, 0.15) is 51.1 Å². The van der Waals surface area contributed by atoms with Gasteiger partial charge in [-0.1, -0.05) is 13.8 Å². The maximum Gasteiger partial charge on any atom is 0.227 e. The minimum Gasteiger partial charge on any atom is -0.340 e. The number of anilines is 3. The number of rotatable bonds is 6. The lowest BCUT2D eigenvalue weighted by Crippen LogP contribution is -2.22. The third-order valence-electron chi connectivity index (χ3n) is 4.89. The topological polar surface area (TPSA) is 69.7 Å². The van der Waals surface area contributed by atoms with E-state index in [0.717, 1.165) is 42.5 Å². The normalized spacial score (nSPS) is 20.8. The van der Waals surface area contributed by atoms with Crippen LogP contribution in [0.15, 0.2) is 18.3 Å². The van der Waals surface area contributed by atoms with Crippen molar-refractivity contribution in [3.8, 4) is 0 Å². The maximum atomic E-state index is 4.68. The van der Waals surface area contributed by atoms with Crippen molar-refractivity contribution in [1.82, 2.24) is 20.2 Å². The van der Waals surface area contributed by atoms with E-state index in [1.807, 2.05) is 12.3 Å². The van der Waals surface area contributed by atoms with Crippen molar-refractivity contribution in [3.63, 3.8) is 0 Å². The summed E-state index contributed by atoms with van der Waals surface area (Å²) in [7, 11) is 0. The van der Waals surface area contributed by atoms with Crippen LogP contribution in [0.4, 0.5) is 17.6 Å². The molecule has 0 aromatic carbocycles. The van der Waals surface area contributed by atoms with Gasteiger partial charge in [0.1, 0.15) is 5.82 Å². The molecule has 0 spiro atoms. The Hall–Kier alpha value is -2.11. The van der Waals surface area contributed by atoms with E-state index in [2.05, 4.69) is 50.3 Å². The van der Waals surface area contributed by atoms with Crippen LogP contribution >= 0.6 is 0 Å². The Morgan fingerprint density at radius 3 is 2.96 bits per heavy atom. The largest absolute Gasteiger partial charge is 0.340 e. The van der Waals surface area contributed by atoms with Gasteiger partial charge in [-0.05, 0) is 43.6 Å². The monoisotopic (exact) mass is 326 g/mol. The van der Waals surface area contributed by atoms with E-state index in [9.17, 15) is 0 Å². The van der Waals surface area contributed by atoms with Crippen LogP contribution in [0.2, 0.25) is 0 Å². The van der Waals surface area contributed by atoms with Gasteiger partial charge in [0.05, 0.1) is 0 Å². The van der Waals surface area contributed by atoms with Gasteiger partial charge in [-0.25, -0.2) is 4.98 Å². The van der Waals surface area contributed by atoms with Crippen molar-refractivity contribution in [3.05, 3.63) is 24.0 Å². The molecule has 1 saturated carbocycles. The van der Waals surface area contributed by atoms with Gasteiger partial charge in [0, 0.05) is 37.0 Å². The van der Waals surface area contributed by atoms with E-state index in [0.29, 0.717) is 5.92 Å². The fraction of sp³-hybridized carbons (Fsp3) is 0.611. The molecule has 1 saturated heterocycles. The van der Waals surface area contributed by atoms with Crippen LogP contribution < -0.4 is 10.2 Å². The van der Waals surface area contributed by atoms with Crippen molar-refractivity contribution in [1.29, 1.82) is 0 Å². The highest BCUT2D eigenvalue weighted by Crippen LogP contribution is 2.39. The van der Waals surface area contributed by atoms with Crippen LogP contribution in [-0.4, -0.2) is 33.3 Å². The molecule has 128 valence electrons. The molecule has 3 heterocycles. The fourth-order valence-electron chi connectivity index (χ4n) is 3.58. The molecule has 2 aromatic heterocycles. The van der Waals surface area contributed by atoms with Gasteiger partial charge >= 0.3 is 0 Å². The van der Waals surface area contributed by atoms with E-state index in [1.165, 1.54) is 31.4 Å². The van der Waals surface area contributed by atoms with Gasteiger partial charge in [0.15, 0.2) is 5.82 Å². The van der Waals surface area contributed by atoms with E-state index < -0.39 is 0 Å². The summed E-state index contributed by atoms with van der Waals surface area (Å²) in [6.45, 7) is 6.71. The average molecular weight is 326 g/mol. The predicted octanol–water partition coefficient (Wildman–Crippen LogP) is 3.69. The summed E-state index contributed by atoms with van der Waals surface area (Å²) >= 11 is 0. The van der Waals surface area contributed by atoms with Gasteiger partial charge in [0.25, 0.3) is 0 Å². The molecule has 0 radical (unpaired) electrons. The molecule has 2 fully saturated rings. The number of nitrogens with zero attached hydrogens (tertiary/aromatic N) is 4. The van der Waals surface area contributed by atoms with Crippen LogP contribution in [0, 0.1) is 11.8 Å². The van der Waals surface area contributed by atoms with Crippen LogP contribution in [0.25, 0.3) is 0 Å². The molecule has 1 aliphatic heterocycles. The van der Waals surface area contributed by atoms with Gasteiger partial charge in [-0.2, -0.15) is 10.1 Å². The SMILES string of the molecule is CC(C)CC1CCN(c2nccc(Nc3cc(C4CC4)[nH]n3)n2)C1. The summed E-state index contributed by atoms with van der Waals surface area (Å²) in [4.78, 5) is 11.5. The molecule has 1 aliphatic carbocycles. The van der Waals surface area contributed by atoms with Crippen LogP contribution in [0.5, 0.6) is 0 Å². The Balaban J connectivity index is 1.41. The van der Waals surface area contributed by atoms with Crippen molar-refractivity contribution >= 4 is 17.6 Å². The zero-order valence-electron chi connectivity index (χ0n) is 14.5. The Morgan fingerprint density at radius 1 is 1.29 bits per heavy atom. The van der Waals surface area contributed by atoms with Gasteiger partial charge in [0.2, 0.25) is 5.95 Å². The summed E-state index contributed by atoms with van der Waals surface area (Å²) in [5, 5.41) is 10.7. The average Bonchev–Trinajstić information content (AvgIpc) is 3.13. The summed E-state index contributed by atoms with van der Waals surface area (Å²) in [5.41, 5.74) is 1.22. The zero-order valence-corrected chi connectivity index (χ0v) is 14.5. The molecule has 1 unspecified atom stereocenters. The highest BCUT2D eigenvalue weighted by molar-refractivity contribution is 5.53. The van der Waals surface area contributed by atoms with E-state index in [1.54, 1.807) is 0 Å². The smallest absolute Gasteiger partial charge is 0.227 e. The van der Waals surface area contributed by atoms with E-state index in [-0.39, 0.29) is 0 Å². The van der Waals surface area contributed by atoms with Crippen LogP contribution in [0.3, 0.4) is 0 Å². The first-order valence-corrected chi connectivity index (χ1v) is 9.07. The number of nitrogens with one attached hydrogen (secondary N) is 2. The first-order chi connectivity index (χ1) is 11.7. The molecular weight excluding hydrogens is 300 g/mol. The van der Waals surface area contributed by atoms with E-state index >= 15 is 0 Å².